The van der Waals surface area contributed by atoms with Gasteiger partial charge in [0.15, 0.2) is 9.84 Å². The van der Waals surface area contributed by atoms with Gasteiger partial charge in [0, 0.05) is 6.61 Å². The molecule has 1 aromatic heterocycles. The number of ether oxygens (including phenoxy) is 2. The van der Waals surface area contributed by atoms with E-state index < -0.39 is 32.4 Å². The quantitative estimate of drug-likeness (QED) is 0.646. The molecular formula is C21H25F3N2O4S. The summed E-state index contributed by atoms with van der Waals surface area (Å²) in [5.74, 6) is 0.0428. The highest BCUT2D eigenvalue weighted by Crippen LogP contribution is 2.43. The van der Waals surface area contributed by atoms with Gasteiger partial charge in [-0.25, -0.2) is 13.4 Å². The highest BCUT2D eigenvalue weighted by Gasteiger charge is 2.46. The third-order valence-corrected chi connectivity index (χ3v) is 8.16. The minimum Gasteiger partial charge on any atom is -0.480 e. The molecular weight excluding hydrogens is 433 g/mol. The molecule has 0 spiro atoms. The maximum atomic E-state index is 13.6. The van der Waals surface area contributed by atoms with Gasteiger partial charge in [-0.3, -0.25) is 4.98 Å². The molecule has 31 heavy (non-hydrogen) atoms. The summed E-state index contributed by atoms with van der Waals surface area (Å²) >= 11 is 0. The molecule has 1 aromatic carbocycles. The summed E-state index contributed by atoms with van der Waals surface area (Å²) in [6, 6.07) is 3.08. The molecule has 3 rings (SSSR count). The summed E-state index contributed by atoms with van der Waals surface area (Å²) in [5, 5.41) is 0. The Labute approximate surface area is 179 Å². The Hall–Kier alpha value is -2.20. The lowest BCUT2D eigenvalue weighted by Crippen LogP contribution is -2.42. The van der Waals surface area contributed by atoms with E-state index in [0.29, 0.717) is 17.1 Å². The van der Waals surface area contributed by atoms with E-state index >= 15 is 0 Å². The average Bonchev–Trinajstić information content (AvgIpc) is 2.72. The normalized spacial score (nSPS) is 22.5. The lowest BCUT2D eigenvalue weighted by atomic mass is 9.95. The first-order valence-electron chi connectivity index (χ1n) is 9.82. The summed E-state index contributed by atoms with van der Waals surface area (Å²) in [6.07, 6.45) is -2.24. The molecule has 2 aromatic rings. The third kappa shape index (κ3) is 4.69. The van der Waals surface area contributed by atoms with Gasteiger partial charge in [0.05, 0.1) is 40.4 Å². The van der Waals surface area contributed by atoms with Gasteiger partial charge in [-0.05, 0) is 49.4 Å². The zero-order valence-electron chi connectivity index (χ0n) is 17.7. The first-order valence-corrected chi connectivity index (χ1v) is 11.3. The molecule has 0 bridgehead atoms. The maximum absolute atomic E-state index is 13.6. The molecule has 2 atom stereocenters. The van der Waals surface area contributed by atoms with Crippen molar-refractivity contribution in [1.29, 1.82) is 0 Å². The monoisotopic (exact) mass is 458 g/mol. The number of hydrogen-bond donors (Lipinski definition) is 0. The molecule has 0 saturated carbocycles. The van der Waals surface area contributed by atoms with Crippen LogP contribution in [0.3, 0.4) is 0 Å². The zero-order chi connectivity index (χ0) is 23.0. The fourth-order valence-corrected chi connectivity index (χ4v) is 5.43. The van der Waals surface area contributed by atoms with E-state index in [4.69, 9.17) is 9.47 Å². The van der Waals surface area contributed by atoms with Crippen LogP contribution in [0.1, 0.15) is 62.5 Å². The highest BCUT2D eigenvalue weighted by molar-refractivity contribution is 7.92. The molecule has 0 radical (unpaired) electrons. The summed E-state index contributed by atoms with van der Waals surface area (Å²) in [5.41, 5.74) is -0.207. The Morgan fingerprint density at radius 1 is 1.19 bits per heavy atom. The Bertz CT molecular complexity index is 1040. The molecule has 0 aliphatic carbocycles. The predicted octanol–water partition coefficient (Wildman–Crippen LogP) is 4.71. The number of hydrogen-bond acceptors (Lipinski definition) is 6. The number of methoxy groups -OCH3 is 1. The lowest BCUT2D eigenvalue weighted by molar-refractivity contribution is -0.137. The second-order valence-corrected chi connectivity index (χ2v) is 10.7. The van der Waals surface area contributed by atoms with E-state index in [1.54, 1.807) is 20.8 Å². The molecule has 1 fully saturated rings. The molecule has 6 nitrogen and oxygen atoms in total. The van der Waals surface area contributed by atoms with E-state index in [9.17, 15) is 21.6 Å². The average molecular weight is 459 g/mol. The topological polar surface area (TPSA) is 78.4 Å². The van der Waals surface area contributed by atoms with E-state index in [1.165, 1.54) is 25.6 Å². The summed E-state index contributed by atoms with van der Waals surface area (Å²) in [6.45, 7) is 5.12. The number of aromatic nitrogens is 2. The van der Waals surface area contributed by atoms with Crippen LogP contribution in [0.25, 0.3) is 0 Å². The van der Waals surface area contributed by atoms with Gasteiger partial charge in [0.2, 0.25) is 5.88 Å². The van der Waals surface area contributed by atoms with Gasteiger partial charge in [-0.2, -0.15) is 13.2 Å². The van der Waals surface area contributed by atoms with Crippen molar-refractivity contribution >= 4 is 9.84 Å². The number of rotatable bonds is 5. The Morgan fingerprint density at radius 3 is 2.45 bits per heavy atom. The van der Waals surface area contributed by atoms with Crippen LogP contribution in [0, 0.1) is 0 Å². The van der Waals surface area contributed by atoms with Crippen LogP contribution in [0.15, 0.2) is 35.5 Å². The largest absolute Gasteiger partial charge is 0.480 e. The fraction of sp³-hybridized carbons (Fsp3) is 0.524. The first kappa shape index (κ1) is 23.5. The van der Waals surface area contributed by atoms with Crippen molar-refractivity contribution in [2.45, 2.75) is 61.5 Å². The van der Waals surface area contributed by atoms with Gasteiger partial charge in [0.25, 0.3) is 0 Å². The van der Waals surface area contributed by atoms with Crippen LogP contribution in [0.4, 0.5) is 13.2 Å². The molecule has 1 saturated heterocycles. The van der Waals surface area contributed by atoms with Crippen LogP contribution >= 0.6 is 0 Å². The second kappa shape index (κ2) is 8.38. The van der Waals surface area contributed by atoms with Crippen LogP contribution < -0.4 is 4.74 Å². The number of benzene rings is 1. The van der Waals surface area contributed by atoms with Crippen molar-refractivity contribution in [3.63, 3.8) is 0 Å². The van der Waals surface area contributed by atoms with Crippen LogP contribution in [-0.2, 0) is 20.8 Å². The van der Waals surface area contributed by atoms with Gasteiger partial charge >= 0.3 is 6.18 Å². The fourth-order valence-electron chi connectivity index (χ4n) is 3.56. The van der Waals surface area contributed by atoms with E-state index in [2.05, 4.69) is 9.97 Å². The summed E-state index contributed by atoms with van der Waals surface area (Å²) < 4.78 is 76.8. The standard InChI is InChI=1S/C21H25F3N2O4S/c1-13(2)14-7-15(21(22,23)24)9-16(8-14)31(27,28)20(3)5-6-30-18(10-20)17-11-26-19(29-4)12-25-17/h7-9,11-13,18H,5-6,10H2,1-4H3. The van der Waals surface area contributed by atoms with Crippen molar-refractivity contribution < 1.29 is 31.1 Å². The molecule has 10 heteroatoms. The minimum absolute atomic E-state index is 0.0452. The van der Waals surface area contributed by atoms with Gasteiger partial charge < -0.3 is 9.47 Å². The van der Waals surface area contributed by atoms with Crippen molar-refractivity contribution in [3.8, 4) is 5.88 Å². The Morgan fingerprint density at radius 2 is 1.90 bits per heavy atom. The second-order valence-electron chi connectivity index (χ2n) is 8.19. The highest BCUT2D eigenvalue weighted by atomic mass is 32.2. The SMILES string of the molecule is COc1cnc(C2CC(C)(S(=O)(=O)c3cc(C(C)C)cc(C(F)(F)F)c3)CCO2)cn1. The molecule has 2 unspecified atom stereocenters. The lowest BCUT2D eigenvalue weighted by Gasteiger charge is -2.37. The van der Waals surface area contributed by atoms with Crippen molar-refractivity contribution in [2.75, 3.05) is 13.7 Å². The van der Waals surface area contributed by atoms with Crippen molar-refractivity contribution in [1.82, 2.24) is 9.97 Å². The van der Waals surface area contributed by atoms with E-state index in [1.807, 2.05) is 0 Å². The third-order valence-electron chi connectivity index (χ3n) is 5.64. The van der Waals surface area contributed by atoms with Crippen molar-refractivity contribution in [3.05, 3.63) is 47.4 Å². The van der Waals surface area contributed by atoms with Crippen LogP contribution in [-0.4, -0.2) is 36.8 Å². The number of sulfone groups is 1. The number of nitrogens with zero attached hydrogens (tertiary/aromatic N) is 2. The predicted molar refractivity (Wildman–Crippen MR) is 108 cm³/mol. The van der Waals surface area contributed by atoms with Gasteiger partial charge in [-0.15, -0.1) is 0 Å². The van der Waals surface area contributed by atoms with Crippen LogP contribution in [0.5, 0.6) is 5.88 Å². The van der Waals surface area contributed by atoms with E-state index in [0.717, 1.165) is 12.1 Å². The number of alkyl halides is 3. The van der Waals surface area contributed by atoms with Crippen molar-refractivity contribution in [2.24, 2.45) is 0 Å². The smallest absolute Gasteiger partial charge is 0.416 e. The minimum atomic E-state index is -4.65. The zero-order valence-corrected chi connectivity index (χ0v) is 18.5. The molecule has 2 heterocycles. The summed E-state index contributed by atoms with van der Waals surface area (Å²) in [4.78, 5) is 7.97. The molecule has 1 aliphatic rings. The molecule has 0 amide bonds. The summed E-state index contributed by atoms with van der Waals surface area (Å²) in [7, 11) is -2.66. The van der Waals surface area contributed by atoms with Crippen LogP contribution in [0.2, 0.25) is 0 Å². The maximum Gasteiger partial charge on any atom is 0.416 e. The first-order chi connectivity index (χ1) is 14.4. The van der Waals surface area contributed by atoms with Gasteiger partial charge in [-0.1, -0.05) is 13.8 Å². The number of halogens is 3. The van der Waals surface area contributed by atoms with E-state index in [-0.39, 0.29) is 30.3 Å². The van der Waals surface area contributed by atoms with Gasteiger partial charge in [0.1, 0.15) is 6.10 Å². The molecule has 170 valence electrons. The Balaban J connectivity index is 2.00. The Kier molecular flexibility index (Phi) is 6.35. The molecule has 1 aliphatic heterocycles. The molecule has 0 N–H and O–H groups in total.